The molecular weight excluding hydrogens is 320 g/mol. The Morgan fingerprint density at radius 3 is 2.87 bits per heavy atom. The second kappa shape index (κ2) is 6.37. The molecule has 0 saturated carbocycles. The Morgan fingerprint density at radius 1 is 1.39 bits per heavy atom. The van der Waals surface area contributed by atoms with Gasteiger partial charge < -0.3 is 14.8 Å². The van der Waals surface area contributed by atoms with E-state index in [1.165, 1.54) is 4.31 Å². The SMILES string of the molecule is CS(=O)(=O)N1CC(C(=O)NCC2CCCO2)Oc2ccccc21. The average molecular weight is 340 g/mol. The highest BCUT2D eigenvalue weighted by Gasteiger charge is 2.35. The molecule has 2 atom stereocenters. The Bertz CT molecular complexity index is 685. The predicted molar refractivity (Wildman–Crippen MR) is 85.0 cm³/mol. The molecule has 1 amide bonds. The second-order valence-corrected chi connectivity index (χ2v) is 7.66. The molecule has 126 valence electrons. The van der Waals surface area contributed by atoms with Crippen molar-refractivity contribution in [1.82, 2.24) is 5.32 Å². The highest BCUT2D eigenvalue weighted by molar-refractivity contribution is 7.92. The van der Waals surface area contributed by atoms with Crippen LogP contribution >= 0.6 is 0 Å². The molecule has 3 rings (SSSR count). The zero-order valence-corrected chi connectivity index (χ0v) is 13.7. The first-order chi connectivity index (χ1) is 10.9. The van der Waals surface area contributed by atoms with E-state index in [4.69, 9.17) is 9.47 Å². The van der Waals surface area contributed by atoms with Crippen molar-refractivity contribution in [1.29, 1.82) is 0 Å². The molecule has 0 aliphatic carbocycles. The third-order valence-corrected chi connectivity index (χ3v) is 5.10. The van der Waals surface area contributed by atoms with Crippen LogP contribution in [0.4, 0.5) is 5.69 Å². The van der Waals surface area contributed by atoms with Gasteiger partial charge in [0.05, 0.1) is 24.6 Å². The number of sulfonamides is 1. The van der Waals surface area contributed by atoms with Crippen LogP contribution in [0.2, 0.25) is 0 Å². The summed E-state index contributed by atoms with van der Waals surface area (Å²) in [6.07, 6.45) is 2.19. The van der Waals surface area contributed by atoms with Gasteiger partial charge in [-0.15, -0.1) is 0 Å². The van der Waals surface area contributed by atoms with Crippen LogP contribution < -0.4 is 14.4 Å². The van der Waals surface area contributed by atoms with Crippen molar-refractivity contribution >= 4 is 21.6 Å². The van der Waals surface area contributed by atoms with Crippen LogP contribution in [0.5, 0.6) is 5.75 Å². The van der Waals surface area contributed by atoms with Crippen LogP contribution in [0.15, 0.2) is 24.3 Å². The first-order valence-corrected chi connectivity index (χ1v) is 9.42. The number of para-hydroxylation sites is 2. The van der Waals surface area contributed by atoms with E-state index in [0.717, 1.165) is 25.7 Å². The van der Waals surface area contributed by atoms with Gasteiger partial charge in [-0.05, 0) is 25.0 Å². The lowest BCUT2D eigenvalue weighted by atomic mass is 10.2. The number of nitrogens with one attached hydrogen (secondary N) is 1. The van der Waals surface area contributed by atoms with Gasteiger partial charge in [-0.2, -0.15) is 0 Å². The minimum absolute atomic E-state index is 0.0286. The van der Waals surface area contributed by atoms with E-state index >= 15 is 0 Å². The van der Waals surface area contributed by atoms with E-state index in [1.54, 1.807) is 24.3 Å². The maximum Gasteiger partial charge on any atom is 0.263 e. The van der Waals surface area contributed by atoms with Gasteiger partial charge in [0.25, 0.3) is 5.91 Å². The minimum Gasteiger partial charge on any atom is -0.476 e. The van der Waals surface area contributed by atoms with Crippen molar-refractivity contribution in [3.05, 3.63) is 24.3 Å². The first-order valence-electron chi connectivity index (χ1n) is 7.58. The number of benzene rings is 1. The zero-order valence-electron chi connectivity index (χ0n) is 12.9. The number of hydrogen-bond acceptors (Lipinski definition) is 5. The van der Waals surface area contributed by atoms with E-state index in [2.05, 4.69) is 5.32 Å². The molecular formula is C15H20N2O5S. The van der Waals surface area contributed by atoms with Gasteiger partial charge in [-0.25, -0.2) is 8.42 Å². The molecule has 7 nitrogen and oxygen atoms in total. The van der Waals surface area contributed by atoms with E-state index in [9.17, 15) is 13.2 Å². The number of fused-ring (bicyclic) bond motifs is 1. The van der Waals surface area contributed by atoms with Gasteiger partial charge >= 0.3 is 0 Å². The Hall–Kier alpha value is -1.80. The summed E-state index contributed by atoms with van der Waals surface area (Å²) in [7, 11) is -3.49. The van der Waals surface area contributed by atoms with Crippen LogP contribution in [-0.4, -0.2) is 52.5 Å². The second-order valence-electron chi connectivity index (χ2n) is 5.75. The highest BCUT2D eigenvalue weighted by atomic mass is 32.2. The van der Waals surface area contributed by atoms with Crippen molar-refractivity contribution in [3.63, 3.8) is 0 Å². The fourth-order valence-corrected chi connectivity index (χ4v) is 3.70. The molecule has 1 N–H and O–H groups in total. The molecule has 1 aromatic carbocycles. The molecule has 1 fully saturated rings. The minimum atomic E-state index is -3.49. The zero-order chi connectivity index (χ0) is 16.4. The van der Waals surface area contributed by atoms with Crippen LogP contribution in [0, 0.1) is 0 Å². The van der Waals surface area contributed by atoms with Crippen molar-refractivity contribution in [3.8, 4) is 5.75 Å². The molecule has 2 heterocycles. The van der Waals surface area contributed by atoms with Gasteiger partial charge in [0.2, 0.25) is 10.0 Å². The normalized spacial score (nSPS) is 24.0. The molecule has 0 bridgehead atoms. The summed E-state index contributed by atoms with van der Waals surface area (Å²) >= 11 is 0. The molecule has 0 radical (unpaired) electrons. The summed E-state index contributed by atoms with van der Waals surface area (Å²) in [4.78, 5) is 12.3. The van der Waals surface area contributed by atoms with Crippen LogP contribution in [-0.2, 0) is 19.6 Å². The number of carbonyl (C=O) groups is 1. The summed E-state index contributed by atoms with van der Waals surface area (Å²) < 4.78 is 36.4. The van der Waals surface area contributed by atoms with Crippen molar-refractivity contribution < 1.29 is 22.7 Å². The summed E-state index contributed by atoms with van der Waals surface area (Å²) in [6.45, 7) is 1.10. The molecule has 1 saturated heterocycles. The van der Waals surface area contributed by atoms with Crippen molar-refractivity contribution in [2.24, 2.45) is 0 Å². The highest BCUT2D eigenvalue weighted by Crippen LogP contribution is 2.34. The number of nitrogens with zero attached hydrogens (tertiary/aromatic N) is 1. The molecule has 1 aromatic rings. The van der Waals surface area contributed by atoms with Gasteiger partial charge in [-0.3, -0.25) is 9.10 Å². The van der Waals surface area contributed by atoms with E-state index in [-0.39, 0.29) is 18.6 Å². The number of carbonyl (C=O) groups excluding carboxylic acids is 1. The third-order valence-electron chi connectivity index (χ3n) is 3.96. The van der Waals surface area contributed by atoms with Crippen LogP contribution in [0.3, 0.4) is 0 Å². The molecule has 2 unspecified atom stereocenters. The molecule has 23 heavy (non-hydrogen) atoms. The molecule has 8 heteroatoms. The van der Waals surface area contributed by atoms with Gasteiger partial charge in [0, 0.05) is 13.2 Å². The maximum absolute atomic E-state index is 12.3. The quantitative estimate of drug-likeness (QED) is 0.863. The third kappa shape index (κ3) is 3.59. The van der Waals surface area contributed by atoms with E-state index < -0.39 is 16.1 Å². The van der Waals surface area contributed by atoms with E-state index in [0.29, 0.717) is 18.0 Å². The van der Waals surface area contributed by atoms with Gasteiger partial charge in [-0.1, -0.05) is 12.1 Å². The Balaban J connectivity index is 1.73. The number of anilines is 1. The smallest absolute Gasteiger partial charge is 0.263 e. The number of amides is 1. The largest absolute Gasteiger partial charge is 0.476 e. The van der Waals surface area contributed by atoms with Crippen molar-refractivity contribution in [2.75, 3.05) is 30.3 Å². The summed E-state index contributed by atoms with van der Waals surface area (Å²) in [5, 5.41) is 2.79. The number of rotatable bonds is 4. The average Bonchev–Trinajstić information content (AvgIpc) is 3.04. The standard InChI is InChI=1S/C15H20N2O5S/c1-23(19,20)17-10-14(22-13-7-3-2-6-12(13)17)15(18)16-9-11-5-4-8-21-11/h2-3,6-7,11,14H,4-5,8-10H2,1H3,(H,16,18). The lowest BCUT2D eigenvalue weighted by Crippen LogP contribution is -2.51. The lowest BCUT2D eigenvalue weighted by molar-refractivity contribution is -0.128. The lowest BCUT2D eigenvalue weighted by Gasteiger charge is -2.34. The first kappa shape index (κ1) is 16.1. The topological polar surface area (TPSA) is 84.9 Å². The Labute approximate surface area is 135 Å². The summed E-state index contributed by atoms with van der Waals surface area (Å²) in [5.74, 6) is 0.0603. The maximum atomic E-state index is 12.3. The van der Waals surface area contributed by atoms with Crippen LogP contribution in [0.25, 0.3) is 0 Å². The number of ether oxygens (including phenoxy) is 2. The van der Waals surface area contributed by atoms with Gasteiger partial charge in [0.15, 0.2) is 6.10 Å². The molecule has 0 aromatic heterocycles. The molecule has 2 aliphatic rings. The number of hydrogen-bond donors (Lipinski definition) is 1. The Kier molecular flexibility index (Phi) is 4.45. The molecule has 2 aliphatic heterocycles. The fourth-order valence-electron chi connectivity index (χ4n) is 2.79. The van der Waals surface area contributed by atoms with E-state index in [1.807, 2.05) is 0 Å². The van der Waals surface area contributed by atoms with Crippen LogP contribution in [0.1, 0.15) is 12.8 Å². The fraction of sp³-hybridized carbons (Fsp3) is 0.533. The predicted octanol–water partition coefficient (Wildman–Crippen LogP) is 0.509. The van der Waals surface area contributed by atoms with Gasteiger partial charge in [0.1, 0.15) is 5.75 Å². The summed E-state index contributed by atoms with van der Waals surface area (Å²) in [6, 6.07) is 6.80. The van der Waals surface area contributed by atoms with Crippen molar-refractivity contribution in [2.45, 2.75) is 25.0 Å². The summed E-state index contributed by atoms with van der Waals surface area (Å²) in [5.41, 5.74) is 0.457. The Morgan fingerprint density at radius 2 is 2.17 bits per heavy atom. The monoisotopic (exact) mass is 340 g/mol. The molecule has 0 spiro atoms.